The number of nitrogen functional groups attached to an aromatic ring is 1. The van der Waals surface area contributed by atoms with E-state index in [-0.39, 0.29) is 0 Å². The number of anilines is 1. The van der Waals surface area contributed by atoms with Crippen LogP contribution >= 0.6 is 0 Å². The molecule has 0 saturated heterocycles. The van der Waals surface area contributed by atoms with E-state index < -0.39 is 10.2 Å². The summed E-state index contributed by atoms with van der Waals surface area (Å²) in [5, 5.41) is 0. The Bertz CT molecular complexity index is 761. The largest absolute Gasteiger partial charge is 0.398 e. The van der Waals surface area contributed by atoms with Crippen LogP contribution in [0.15, 0.2) is 34.9 Å². The summed E-state index contributed by atoms with van der Waals surface area (Å²) in [6.07, 6.45) is 9.58. The molecule has 0 fully saturated rings. The SMILES string of the molecule is Nc1ccc(C2=CNS(=O)(=O)N=C2)cc1C1=CCCCC1. The van der Waals surface area contributed by atoms with Gasteiger partial charge < -0.3 is 5.73 Å². The predicted molar refractivity (Wildman–Crippen MR) is 85.8 cm³/mol. The average molecular weight is 303 g/mol. The van der Waals surface area contributed by atoms with Crippen LogP contribution in [-0.2, 0) is 10.2 Å². The van der Waals surface area contributed by atoms with Crippen molar-refractivity contribution < 1.29 is 8.42 Å². The number of nitrogens with two attached hydrogens (primary N) is 1. The van der Waals surface area contributed by atoms with E-state index in [0.29, 0.717) is 0 Å². The quantitative estimate of drug-likeness (QED) is 0.823. The highest BCUT2D eigenvalue weighted by Gasteiger charge is 2.14. The summed E-state index contributed by atoms with van der Waals surface area (Å²) < 4.78 is 28.2. The summed E-state index contributed by atoms with van der Waals surface area (Å²) in [5.41, 5.74) is 10.8. The van der Waals surface area contributed by atoms with Gasteiger partial charge in [0, 0.05) is 23.0 Å². The lowest BCUT2D eigenvalue weighted by Crippen LogP contribution is -2.19. The minimum Gasteiger partial charge on any atom is -0.398 e. The van der Waals surface area contributed by atoms with Gasteiger partial charge >= 0.3 is 10.2 Å². The molecule has 1 heterocycles. The maximum Gasteiger partial charge on any atom is 0.341 e. The Morgan fingerprint density at radius 2 is 2.10 bits per heavy atom. The van der Waals surface area contributed by atoms with E-state index in [2.05, 4.69) is 15.2 Å². The van der Waals surface area contributed by atoms with Crippen molar-refractivity contribution >= 4 is 33.3 Å². The van der Waals surface area contributed by atoms with Crippen molar-refractivity contribution in [3.05, 3.63) is 41.6 Å². The normalized spacial score (nSPS) is 20.4. The molecule has 1 aromatic carbocycles. The van der Waals surface area contributed by atoms with E-state index in [4.69, 9.17) is 5.73 Å². The molecule has 1 aromatic rings. The van der Waals surface area contributed by atoms with Crippen LogP contribution in [0, 0.1) is 0 Å². The minimum absolute atomic E-state index is 0.725. The highest BCUT2D eigenvalue weighted by atomic mass is 32.2. The maximum absolute atomic E-state index is 11.2. The molecule has 0 spiro atoms. The van der Waals surface area contributed by atoms with Gasteiger partial charge in [0.1, 0.15) is 0 Å². The molecule has 0 atom stereocenters. The fraction of sp³-hybridized carbons (Fsp3) is 0.267. The zero-order chi connectivity index (χ0) is 14.9. The van der Waals surface area contributed by atoms with Crippen LogP contribution in [0.1, 0.15) is 36.8 Å². The van der Waals surface area contributed by atoms with E-state index in [1.807, 2.05) is 18.2 Å². The second-order valence-electron chi connectivity index (χ2n) is 5.20. The van der Waals surface area contributed by atoms with Crippen molar-refractivity contribution in [2.45, 2.75) is 25.7 Å². The first-order valence-corrected chi connectivity index (χ1v) is 8.36. The molecule has 1 aliphatic heterocycles. The van der Waals surface area contributed by atoms with Crippen molar-refractivity contribution in [3.8, 4) is 0 Å². The predicted octanol–water partition coefficient (Wildman–Crippen LogP) is 2.49. The fourth-order valence-electron chi connectivity index (χ4n) is 2.59. The molecule has 0 amide bonds. The van der Waals surface area contributed by atoms with Crippen LogP contribution in [-0.4, -0.2) is 14.6 Å². The number of nitrogens with one attached hydrogen (secondary N) is 1. The average Bonchev–Trinajstić information content (AvgIpc) is 2.49. The lowest BCUT2D eigenvalue weighted by Gasteiger charge is -2.17. The van der Waals surface area contributed by atoms with Crippen LogP contribution in [0.3, 0.4) is 0 Å². The lowest BCUT2D eigenvalue weighted by atomic mass is 9.91. The maximum atomic E-state index is 11.2. The molecule has 5 nitrogen and oxygen atoms in total. The van der Waals surface area contributed by atoms with Crippen LogP contribution in [0.4, 0.5) is 5.69 Å². The number of allylic oxidation sites excluding steroid dienone is 3. The van der Waals surface area contributed by atoms with Gasteiger partial charge in [0.25, 0.3) is 0 Å². The number of rotatable bonds is 2. The van der Waals surface area contributed by atoms with Gasteiger partial charge in [0.15, 0.2) is 0 Å². The number of benzene rings is 1. The molecule has 110 valence electrons. The summed E-state index contributed by atoms with van der Waals surface area (Å²) in [5.74, 6) is 0. The summed E-state index contributed by atoms with van der Waals surface area (Å²) in [7, 11) is -3.56. The molecule has 0 saturated carbocycles. The third-order valence-corrected chi connectivity index (χ3v) is 4.52. The van der Waals surface area contributed by atoms with Gasteiger partial charge in [-0.2, -0.15) is 12.8 Å². The second-order valence-corrected chi connectivity index (χ2v) is 6.60. The Labute approximate surface area is 124 Å². The number of hydrogen-bond acceptors (Lipinski definition) is 3. The molecule has 21 heavy (non-hydrogen) atoms. The van der Waals surface area contributed by atoms with E-state index in [1.165, 1.54) is 30.8 Å². The molecule has 0 radical (unpaired) electrons. The summed E-state index contributed by atoms with van der Waals surface area (Å²) in [6, 6.07) is 5.74. The summed E-state index contributed by atoms with van der Waals surface area (Å²) >= 11 is 0. The van der Waals surface area contributed by atoms with Crippen molar-refractivity contribution in [2.24, 2.45) is 4.40 Å². The topological polar surface area (TPSA) is 84.5 Å². The lowest BCUT2D eigenvalue weighted by molar-refractivity contribution is 0.592. The smallest absolute Gasteiger partial charge is 0.341 e. The Morgan fingerprint density at radius 3 is 2.76 bits per heavy atom. The molecular weight excluding hydrogens is 286 g/mol. The monoisotopic (exact) mass is 303 g/mol. The Hall–Kier alpha value is -2.08. The molecular formula is C15H17N3O2S. The van der Waals surface area contributed by atoms with Gasteiger partial charge in [-0.05, 0) is 49.0 Å². The van der Waals surface area contributed by atoms with Crippen LogP contribution < -0.4 is 10.5 Å². The zero-order valence-corrected chi connectivity index (χ0v) is 12.4. The van der Waals surface area contributed by atoms with Gasteiger partial charge in [0.2, 0.25) is 0 Å². The molecule has 3 rings (SSSR count). The number of nitrogens with zero attached hydrogens (tertiary/aromatic N) is 1. The van der Waals surface area contributed by atoms with Gasteiger partial charge in [-0.3, -0.25) is 4.72 Å². The third-order valence-electron chi connectivity index (χ3n) is 3.72. The van der Waals surface area contributed by atoms with Gasteiger partial charge in [-0.15, -0.1) is 0 Å². The third kappa shape index (κ3) is 3.00. The van der Waals surface area contributed by atoms with Crippen molar-refractivity contribution in [2.75, 3.05) is 5.73 Å². The summed E-state index contributed by atoms with van der Waals surface area (Å²) in [6.45, 7) is 0. The zero-order valence-electron chi connectivity index (χ0n) is 11.5. The van der Waals surface area contributed by atoms with E-state index in [1.54, 1.807) is 0 Å². The van der Waals surface area contributed by atoms with Crippen molar-refractivity contribution in [3.63, 3.8) is 0 Å². The Kier molecular flexibility index (Phi) is 3.55. The van der Waals surface area contributed by atoms with Crippen LogP contribution in [0.5, 0.6) is 0 Å². The molecule has 1 aliphatic carbocycles. The van der Waals surface area contributed by atoms with Crippen LogP contribution in [0.2, 0.25) is 0 Å². The van der Waals surface area contributed by atoms with E-state index >= 15 is 0 Å². The van der Waals surface area contributed by atoms with Gasteiger partial charge in [0.05, 0.1) is 6.21 Å². The highest BCUT2D eigenvalue weighted by Crippen LogP contribution is 2.32. The van der Waals surface area contributed by atoms with E-state index in [0.717, 1.165) is 35.2 Å². The standard InChI is InChI=1S/C15H17N3O2S/c16-15-7-6-12(13-9-17-21(19,20)18-10-13)8-14(15)11-4-2-1-3-5-11/h4,6-10,17H,1-3,5,16H2. The van der Waals surface area contributed by atoms with Gasteiger partial charge in [-0.1, -0.05) is 12.1 Å². The molecule has 0 aromatic heterocycles. The first-order chi connectivity index (χ1) is 10.1. The van der Waals surface area contributed by atoms with Crippen molar-refractivity contribution in [1.82, 2.24) is 4.72 Å². The molecule has 0 bridgehead atoms. The molecule has 6 heteroatoms. The fourth-order valence-corrected chi connectivity index (χ4v) is 3.18. The van der Waals surface area contributed by atoms with Gasteiger partial charge in [-0.25, -0.2) is 0 Å². The molecule has 3 N–H and O–H groups in total. The minimum atomic E-state index is -3.56. The second kappa shape index (κ2) is 5.37. The molecule has 2 aliphatic rings. The number of hydrogen-bond donors (Lipinski definition) is 2. The first-order valence-electron chi connectivity index (χ1n) is 6.92. The summed E-state index contributed by atoms with van der Waals surface area (Å²) in [4.78, 5) is 0. The van der Waals surface area contributed by atoms with Crippen molar-refractivity contribution in [1.29, 1.82) is 0 Å². The van der Waals surface area contributed by atoms with E-state index in [9.17, 15) is 8.42 Å². The highest BCUT2D eigenvalue weighted by molar-refractivity contribution is 7.88. The Morgan fingerprint density at radius 1 is 1.24 bits per heavy atom. The van der Waals surface area contributed by atoms with Crippen LogP contribution in [0.25, 0.3) is 11.1 Å². The molecule has 0 unspecified atom stereocenters. The Balaban J connectivity index is 1.97. The first kappa shape index (κ1) is 13.9.